The predicted molar refractivity (Wildman–Crippen MR) is 77.7 cm³/mol. The first-order chi connectivity index (χ1) is 8.97. The maximum Gasteiger partial charge on any atom is 0.267 e. The van der Waals surface area contributed by atoms with Crippen LogP contribution in [0.3, 0.4) is 0 Å². The Morgan fingerprint density at radius 1 is 1.00 bits per heavy atom. The number of nitrogen functional groups attached to an aromatic ring is 1. The summed E-state index contributed by atoms with van der Waals surface area (Å²) in [6, 6.07) is 9.39. The number of ether oxygens (including phenoxy) is 1. The standard InChI is InChI=1S/C13H9Br2F2NO/c14-7-1-3-12(10(15)5-7)19-11-4-2-8(18)6-9(11)13(16)17/h1-6,13H,18H2. The number of rotatable bonds is 3. The number of hydrogen-bond donors (Lipinski definition) is 1. The second-order valence-electron chi connectivity index (χ2n) is 3.77. The predicted octanol–water partition coefficient (Wildman–Crippen LogP) is 5.52. The molecule has 0 aromatic heterocycles. The van der Waals surface area contributed by atoms with E-state index in [-0.39, 0.29) is 17.0 Å². The molecule has 2 N–H and O–H groups in total. The average Bonchev–Trinajstić information content (AvgIpc) is 2.34. The van der Waals surface area contributed by atoms with Crippen molar-refractivity contribution in [1.82, 2.24) is 0 Å². The lowest BCUT2D eigenvalue weighted by Gasteiger charge is -2.12. The normalized spacial score (nSPS) is 10.8. The SMILES string of the molecule is Nc1ccc(Oc2ccc(Br)cc2Br)c(C(F)F)c1. The number of anilines is 1. The van der Waals surface area contributed by atoms with E-state index in [1.807, 2.05) is 0 Å². The van der Waals surface area contributed by atoms with Crippen LogP contribution in [0, 0.1) is 0 Å². The first-order valence-corrected chi connectivity index (χ1v) is 6.86. The Balaban J connectivity index is 2.38. The Labute approximate surface area is 125 Å². The summed E-state index contributed by atoms with van der Waals surface area (Å²) < 4.78 is 32.9. The van der Waals surface area contributed by atoms with Crippen LogP contribution in [0.1, 0.15) is 12.0 Å². The van der Waals surface area contributed by atoms with Crippen molar-refractivity contribution in [2.45, 2.75) is 6.43 Å². The van der Waals surface area contributed by atoms with Gasteiger partial charge < -0.3 is 10.5 Å². The third-order valence-electron chi connectivity index (χ3n) is 2.38. The minimum Gasteiger partial charge on any atom is -0.456 e. The van der Waals surface area contributed by atoms with E-state index in [4.69, 9.17) is 10.5 Å². The third-order valence-corrected chi connectivity index (χ3v) is 3.50. The van der Waals surface area contributed by atoms with Crippen molar-refractivity contribution >= 4 is 37.5 Å². The lowest BCUT2D eigenvalue weighted by Crippen LogP contribution is -1.95. The van der Waals surface area contributed by atoms with Gasteiger partial charge in [0.2, 0.25) is 0 Å². The van der Waals surface area contributed by atoms with Gasteiger partial charge in [0.1, 0.15) is 11.5 Å². The quantitative estimate of drug-likeness (QED) is 0.697. The summed E-state index contributed by atoms with van der Waals surface area (Å²) in [4.78, 5) is 0. The summed E-state index contributed by atoms with van der Waals surface area (Å²) in [5.74, 6) is 0.544. The van der Waals surface area contributed by atoms with Crippen molar-refractivity contribution in [1.29, 1.82) is 0 Å². The zero-order valence-corrected chi connectivity index (χ0v) is 12.7. The maximum absolute atomic E-state index is 12.9. The van der Waals surface area contributed by atoms with Crippen LogP contribution in [0.4, 0.5) is 14.5 Å². The number of nitrogens with two attached hydrogens (primary N) is 1. The summed E-state index contributed by atoms with van der Waals surface area (Å²) >= 11 is 6.62. The molecule has 2 rings (SSSR count). The Hall–Kier alpha value is -1.14. The topological polar surface area (TPSA) is 35.2 Å². The highest BCUT2D eigenvalue weighted by Gasteiger charge is 2.16. The van der Waals surface area contributed by atoms with Crippen LogP contribution in [0.5, 0.6) is 11.5 Å². The Kier molecular flexibility index (Phi) is 4.42. The highest BCUT2D eigenvalue weighted by Crippen LogP contribution is 2.37. The average molecular weight is 393 g/mol. The van der Waals surface area contributed by atoms with Crippen molar-refractivity contribution < 1.29 is 13.5 Å². The molecule has 19 heavy (non-hydrogen) atoms. The van der Waals surface area contributed by atoms with Crippen LogP contribution >= 0.6 is 31.9 Å². The molecule has 2 nitrogen and oxygen atoms in total. The lowest BCUT2D eigenvalue weighted by molar-refractivity contribution is 0.148. The first-order valence-electron chi connectivity index (χ1n) is 5.28. The van der Waals surface area contributed by atoms with Crippen molar-refractivity contribution in [3.05, 3.63) is 50.9 Å². The smallest absolute Gasteiger partial charge is 0.267 e. The second kappa shape index (κ2) is 5.88. The molecule has 0 aliphatic heterocycles. The molecule has 0 aliphatic carbocycles. The van der Waals surface area contributed by atoms with Crippen molar-refractivity contribution in [3.8, 4) is 11.5 Å². The van der Waals surface area contributed by atoms with Crippen LogP contribution in [-0.4, -0.2) is 0 Å². The van der Waals surface area contributed by atoms with E-state index in [1.165, 1.54) is 18.2 Å². The molecule has 0 amide bonds. The summed E-state index contributed by atoms with van der Waals surface area (Å²) in [6.45, 7) is 0. The van der Waals surface area contributed by atoms with E-state index in [9.17, 15) is 8.78 Å². The minimum absolute atomic E-state index is 0.0900. The van der Waals surface area contributed by atoms with Gasteiger partial charge in [-0.05, 0) is 52.3 Å². The van der Waals surface area contributed by atoms with Crippen LogP contribution in [0.25, 0.3) is 0 Å². The molecule has 0 fully saturated rings. The van der Waals surface area contributed by atoms with Gasteiger partial charge in [-0.3, -0.25) is 0 Å². The van der Waals surface area contributed by atoms with Gasteiger partial charge in [0.05, 0.1) is 10.0 Å². The van der Waals surface area contributed by atoms with Crippen molar-refractivity contribution in [3.63, 3.8) is 0 Å². The third kappa shape index (κ3) is 3.45. The molecular weight excluding hydrogens is 384 g/mol. The van der Waals surface area contributed by atoms with Gasteiger partial charge in [-0.2, -0.15) is 0 Å². The number of benzene rings is 2. The summed E-state index contributed by atoms with van der Waals surface area (Å²) in [5, 5.41) is 0. The molecule has 0 atom stereocenters. The largest absolute Gasteiger partial charge is 0.456 e. The van der Waals surface area contributed by atoms with Gasteiger partial charge in [0.15, 0.2) is 0 Å². The van der Waals surface area contributed by atoms with Gasteiger partial charge in [0, 0.05) is 10.2 Å². The number of alkyl halides is 2. The molecule has 0 aliphatic rings. The van der Waals surface area contributed by atoms with Gasteiger partial charge in [-0.25, -0.2) is 8.78 Å². The molecule has 0 unspecified atom stereocenters. The zero-order chi connectivity index (χ0) is 14.0. The Bertz CT molecular complexity index is 605. The monoisotopic (exact) mass is 391 g/mol. The molecule has 2 aromatic rings. The molecule has 0 radical (unpaired) electrons. The second-order valence-corrected chi connectivity index (χ2v) is 5.54. The Morgan fingerprint density at radius 3 is 2.32 bits per heavy atom. The van der Waals surface area contributed by atoms with Gasteiger partial charge in [0.25, 0.3) is 6.43 Å². The van der Waals surface area contributed by atoms with Crippen LogP contribution in [0.2, 0.25) is 0 Å². The first kappa shape index (κ1) is 14.3. The molecule has 0 heterocycles. The molecule has 0 saturated heterocycles. The summed E-state index contributed by atoms with van der Waals surface area (Å²) in [6.07, 6.45) is -2.65. The molecule has 6 heteroatoms. The summed E-state index contributed by atoms with van der Waals surface area (Å²) in [5.41, 5.74) is 5.55. The highest BCUT2D eigenvalue weighted by atomic mass is 79.9. The maximum atomic E-state index is 12.9. The summed E-state index contributed by atoms with van der Waals surface area (Å²) in [7, 11) is 0. The molecular formula is C13H9Br2F2NO. The molecule has 100 valence electrons. The molecule has 0 bridgehead atoms. The fourth-order valence-electron chi connectivity index (χ4n) is 1.51. The van der Waals surface area contributed by atoms with Crippen molar-refractivity contribution in [2.24, 2.45) is 0 Å². The Morgan fingerprint density at radius 2 is 1.68 bits per heavy atom. The number of hydrogen-bond acceptors (Lipinski definition) is 2. The zero-order valence-electron chi connectivity index (χ0n) is 9.54. The van der Waals surface area contributed by atoms with Crippen molar-refractivity contribution in [2.75, 3.05) is 5.73 Å². The van der Waals surface area contributed by atoms with E-state index in [1.54, 1.807) is 18.2 Å². The van der Waals surface area contributed by atoms with Gasteiger partial charge in [-0.15, -0.1) is 0 Å². The minimum atomic E-state index is -2.65. The number of halogens is 4. The molecule has 0 spiro atoms. The molecule has 0 saturated carbocycles. The van der Waals surface area contributed by atoms with E-state index in [0.717, 1.165) is 4.47 Å². The fraction of sp³-hybridized carbons (Fsp3) is 0.0769. The van der Waals surface area contributed by atoms with Gasteiger partial charge >= 0.3 is 0 Å². The lowest BCUT2D eigenvalue weighted by atomic mass is 10.2. The van der Waals surface area contributed by atoms with E-state index < -0.39 is 6.43 Å². The van der Waals surface area contributed by atoms with E-state index in [2.05, 4.69) is 31.9 Å². The molecule has 2 aromatic carbocycles. The van der Waals surface area contributed by atoms with E-state index >= 15 is 0 Å². The van der Waals surface area contributed by atoms with E-state index in [0.29, 0.717) is 10.2 Å². The van der Waals surface area contributed by atoms with Crippen LogP contribution in [-0.2, 0) is 0 Å². The van der Waals surface area contributed by atoms with Gasteiger partial charge in [-0.1, -0.05) is 15.9 Å². The van der Waals surface area contributed by atoms with Crippen LogP contribution < -0.4 is 10.5 Å². The fourth-order valence-corrected chi connectivity index (χ4v) is 2.63. The highest BCUT2D eigenvalue weighted by molar-refractivity contribution is 9.11. The van der Waals surface area contributed by atoms with Crippen LogP contribution in [0.15, 0.2) is 45.3 Å².